The van der Waals surface area contributed by atoms with Gasteiger partial charge in [0.1, 0.15) is 0 Å². The number of nitrogens with one attached hydrogen (secondary N) is 1. The number of fused-ring (bicyclic) bond motifs is 1. The van der Waals surface area contributed by atoms with Crippen molar-refractivity contribution < 1.29 is 9.59 Å². The molecule has 32 heavy (non-hydrogen) atoms. The third kappa shape index (κ3) is 3.84. The fraction of sp³-hybridized carbons (Fsp3) is 0.296. The summed E-state index contributed by atoms with van der Waals surface area (Å²) in [5.41, 5.74) is 3.35. The predicted molar refractivity (Wildman–Crippen MR) is 123 cm³/mol. The molecule has 5 rings (SSSR count). The zero-order valence-electron chi connectivity index (χ0n) is 18.0. The SMILES string of the molecule is O=C(NCc1cccnc1)[C@@H]1CN(Cc2ccccc2)C[C@]12CCc1ccccc1C2=O. The zero-order valence-corrected chi connectivity index (χ0v) is 18.0. The van der Waals surface area contributed by atoms with E-state index in [0.717, 1.165) is 29.7 Å². The molecule has 5 heteroatoms. The number of aromatic nitrogens is 1. The van der Waals surface area contributed by atoms with Crippen molar-refractivity contribution in [2.75, 3.05) is 13.1 Å². The van der Waals surface area contributed by atoms with Crippen LogP contribution >= 0.6 is 0 Å². The van der Waals surface area contributed by atoms with E-state index >= 15 is 0 Å². The highest BCUT2D eigenvalue weighted by molar-refractivity contribution is 6.06. The Bertz CT molecular complexity index is 1120. The van der Waals surface area contributed by atoms with E-state index in [1.54, 1.807) is 12.4 Å². The molecular formula is C27H27N3O2. The molecule has 1 aliphatic heterocycles. The van der Waals surface area contributed by atoms with Crippen molar-refractivity contribution in [3.05, 3.63) is 101 Å². The molecule has 1 fully saturated rings. The normalized spacial score (nSPS) is 22.6. The van der Waals surface area contributed by atoms with Crippen LogP contribution in [0.15, 0.2) is 79.1 Å². The molecule has 0 saturated carbocycles. The molecule has 3 aromatic rings. The van der Waals surface area contributed by atoms with Crippen LogP contribution in [0.3, 0.4) is 0 Å². The first-order chi connectivity index (χ1) is 15.7. The lowest BCUT2D eigenvalue weighted by atomic mass is 9.64. The first kappa shape index (κ1) is 20.6. The van der Waals surface area contributed by atoms with Gasteiger partial charge in [-0.1, -0.05) is 60.7 Å². The molecule has 0 unspecified atom stereocenters. The number of carbonyl (C=O) groups excluding carboxylic acids is 2. The predicted octanol–water partition coefficient (Wildman–Crippen LogP) is 3.65. The Morgan fingerprint density at radius 2 is 1.81 bits per heavy atom. The van der Waals surface area contributed by atoms with Gasteiger partial charge in [0.15, 0.2) is 5.78 Å². The smallest absolute Gasteiger partial charge is 0.225 e. The minimum Gasteiger partial charge on any atom is -0.352 e. The fourth-order valence-corrected chi connectivity index (χ4v) is 5.30. The molecule has 1 aromatic heterocycles. The Morgan fingerprint density at radius 1 is 1.03 bits per heavy atom. The van der Waals surface area contributed by atoms with Gasteiger partial charge in [0, 0.05) is 44.1 Å². The van der Waals surface area contributed by atoms with Crippen LogP contribution in [-0.2, 0) is 24.3 Å². The van der Waals surface area contributed by atoms with Gasteiger partial charge in [0.25, 0.3) is 0 Å². The molecule has 162 valence electrons. The number of nitrogens with zero attached hydrogens (tertiary/aromatic N) is 2. The molecule has 2 atom stereocenters. The standard InChI is InChI=1S/C27H27N3O2/c31-25-23-11-5-4-10-22(23)12-13-27(25)19-30(17-20-7-2-1-3-8-20)18-24(27)26(32)29-16-21-9-6-14-28-15-21/h1-11,14-15,24H,12-13,16-19H2,(H,29,32)/t24-,27+/m0/s1. The molecule has 1 spiro atoms. The van der Waals surface area contributed by atoms with E-state index in [1.807, 2.05) is 54.6 Å². The molecule has 2 aromatic carbocycles. The quantitative estimate of drug-likeness (QED) is 0.678. The van der Waals surface area contributed by atoms with Crippen LogP contribution in [0, 0.1) is 11.3 Å². The van der Waals surface area contributed by atoms with E-state index in [9.17, 15) is 9.59 Å². The highest BCUT2D eigenvalue weighted by Crippen LogP contribution is 2.46. The molecule has 0 bridgehead atoms. The van der Waals surface area contributed by atoms with Crippen molar-refractivity contribution in [1.29, 1.82) is 0 Å². The highest BCUT2D eigenvalue weighted by atomic mass is 16.2. The zero-order chi connectivity index (χ0) is 22.0. The maximum absolute atomic E-state index is 13.8. The first-order valence-electron chi connectivity index (χ1n) is 11.2. The summed E-state index contributed by atoms with van der Waals surface area (Å²) >= 11 is 0. The number of aryl methyl sites for hydroxylation is 1. The van der Waals surface area contributed by atoms with Crippen molar-refractivity contribution in [2.45, 2.75) is 25.9 Å². The lowest BCUT2D eigenvalue weighted by Gasteiger charge is -2.37. The van der Waals surface area contributed by atoms with Crippen LogP contribution in [0.2, 0.25) is 0 Å². The number of ketones is 1. The third-order valence-corrected chi connectivity index (χ3v) is 6.92. The van der Waals surface area contributed by atoms with Gasteiger partial charge in [-0.15, -0.1) is 0 Å². The van der Waals surface area contributed by atoms with Crippen molar-refractivity contribution in [1.82, 2.24) is 15.2 Å². The number of pyridine rings is 1. The Kier molecular flexibility index (Phi) is 5.58. The van der Waals surface area contributed by atoms with Crippen molar-refractivity contribution >= 4 is 11.7 Å². The van der Waals surface area contributed by atoms with E-state index in [4.69, 9.17) is 0 Å². The van der Waals surface area contributed by atoms with Crippen LogP contribution in [0.5, 0.6) is 0 Å². The van der Waals surface area contributed by atoms with Gasteiger partial charge in [0.2, 0.25) is 5.91 Å². The summed E-state index contributed by atoms with van der Waals surface area (Å²) < 4.78 is 0. The number of likely N-dealkylation sites (tertiary alicyclic amines) is 1. The van der Waals surface area contributed by atoms with E-state index in [0.29, 0.717) is 26.1 Å². The van der Waals surface area contributed by atoms with E-state index in [-0.39, 0.29) is 17.6 Å². The number of amides is 1. The summed E-state index contributed by atoms with van der Waals surface area (Å²) in [5, 5.41) is 3.08. The van der Waals surface area contributed by atoms with Gasteiger partial charge in [-0.05, 0) is 35.6 Å². The van der Waals surface area contributed by atoms with Crippen LogP contribution < -0.4 is 5.32 Å². The highest BCUT2D eigenvalue weighted by Gasteiger charge is 2.56. The molecule has 2 heterocycles. The third-order valence-electron chi connectivity index (χ3n) is 6.92. The summed E-state index contributed by atoms with van der Waals surface area (Å²) in [6, 6.07) is 21.9. The Morgan fingerprint density at radius 3 is 2.62 bits per heavy atom. The minimum absolute atomic E-state index is 0.0443. The largest absolute Gasteiger partial charge is 0.352 e. The van der Waals surface area contributed by atoms with E-state index in [2.05, 4.69) is 27.3 Å². The second kappa shape index (κ2) is 8.67. The van der Waals surface area contributed by atoms with Crippen molar-refractivity contribution in [2.24, 2.45) is 11.3 Å². The van der Waals surface area contributed by atoms with Gasteiger partial charge >= 0.3 is 0 Å². The lowest BCUT2D eigenvalue weighted by Crippen LogP contribution is -2.48. The van der Waals surface area contributed by atoms with Crippen LogP contribution in [-0.4, -0.2) is 34.7 Å². The average molecular weight is 426 g/mol. The number of benzene rings is 2. The number of hydrogen-bond donors (Lipinski definition) is 1. The second-order valence-electron chi connectivity index (χ2n) is 8.93. The number of carbonyl (C=O) groups is 2. The summed E-state index contributed by atoms with van der Waals surface area (Å²) in [7, 11) is 0. The van der Waals surface area contributed by atoms with Gasteiger partial charge in [-0.2, -0.15) is 0 Å². The maximum atomic E-state index is 13.8. The molecule has 1 amide bonds. The minimum atomic E-state index is -0.678. The molecule has 0 radical (unpaired) electrons. The number of hydrogen-bond acceptors (Lipinski definition) is 4. The summed E-state index contributed by atoms with van der Waals surface area (Å²) in [6.45, 7) is 2.36. The van der Waals surface area contributed by atoms with Gasteiger partial charge in [-0.25, -0.2) is 0 Å². The molecule has 1 saturated heterocycles. The molecule has 1 N–H and O–H groups in total. The summed E-state index contributed by atoms with van der Waals surface area (Å²) in [6.07, 6.45) is 5.01. The molecule has 2 aliphatic rings. The lowest BCUT2D eigenvalue weighted by molar-refractivity contribution is -0.127. The van der Waals surface area contributed by atoms with Gasteiger partial charge in [0.05, 0.1) is 11.3 Å². The van der Waals surface area contributed by atoms with Crippen LogP contribution in [0.1, 0.15) is 33.5 Å². The monoisotopic (exact) mass is 425 g/mol. The summed E-state index contributed by atoms with van der Waals surface area (Å²) in [5.74, 6) is -0.294. The average Bonchev–Trinajstić information content (AvgIpc) is 3.20. The number of Topliss-reactive ketones (excluding diaryl/α,β-unsaturated/α-hetero) is 1. The molecule has 1 aliphatic carbocycles. The van der Waals surface area contributed by atoms with E-state index < -0.39 is 5.41 Å². The summed E-state index contributed by atoms with van der Waals surface area (Å²) in [4.78, 5) is 33.6. The number of rotatable bonds is 5. The Hall–Kier alpha value is -3.31. The van der Waals surface area contributed by atoms with Crippen LogP contribution in [0.25, 0.3) is 0 Å². The van der Waals surface area contributed by atoms with Gasteiger partial charge in [-0.3, -0.25) is 19.5 Å². The van der Waals surface area contributed by atoms with Gasteiger partial charge < -0.3 is 5.32 Å². The first-order valence-corrected chi connectivity index (χ1v) is 11.2. The van der Waals surface area contributed by atoms with E-state index in [1.165, 1.54) is 5.56 Å². The van der Waals surface area contributed by atoms with Crippen molar-refractivity contribution in [3.63, 3.8) is 0 Å². The Balaban J connectivity index is 1.42. The Labute approximate surface area is 188 Å². The fourth-order valence-electron chi connectivity index (χ4n) is 5.30. The topological polar surface area (TPSA) is 62.3 Å². The van der Waals surface area contributed by atoms with Crippen molar-refractivity contribution in [3.8, 4) is 0 Å². The van der Waals surface area contributed by atoms with Crippen LogP contribution in [0.4, 0.5) is 0 Å². The molecular weight excluding hydrogens is 398 g/mol. The second-order valence-corrected chi connectivity index (χ2v) is 8.93. The maximum Gasteiger partial charge on any atom is 0.225 e. The molecule has 5 nitrogen and oxygen atoms in total.